The van der Waals surface area contributed by atoms with Crippen LogP contribution in [0.5, 0.6) is 0 Å². The van der Waals surface area contributed by atoms with Gasteiger partial charge in [-0.3, -0.25) is 4.79 Å². The summed E-state index contributed by atoms with van der Waals surface area (Å²) in [7, 11) is 1.96. The van der Waals surface area contributed by atoms with Gasteiger partial charge in [-0.25, -0.2) is 9.37 Å². The first-order valence-electron chi connectivity index (χ1n) is 9.56. The fraction of sp³-hybridized carbons (Fsp3) is 0.429. The molecule has 3 heterocycles. The number of carbonyl (C=O) groups is 1. The van der Waals surface area contributed by atoms with Crippen molar-refractivity contribution in [3.05, 3.63) is 58.5 Å². The normalized spacial score (nSPS) is 21.5. The molecule has 6 nitrogen and oxygen atoms in total. The van der Waals surface area contributed by atoms with Crippen LogP contribution in [0.25, 0.3) is 0 Å². The average molecular weight is 385 g/mol. The van der Waals surface area contributed by atoms with Gasteiger partial charge < -0.3 is 20.1 Å². The van der Waals surface area contributed by atoms with Gasteiger partial charge in [0.1, 0.15) is 17.3 Å². The Labute approximate surface area is 163 Å². The quantitative estimate of drug-likeness (QED) is 0.838. The van der Waals surface area contributed by atoms with E-state index in [0.29, 0.717) is 31.7 Å². The summed E-state index contributed by atoms with van der Waals surface area (Å²) >= 11 is 0. The molecule has 148 valence electrons. The highest BCUT2D eigenvalue weighted by molar-refractivity contribution is 5.93. The van der Waals surface area contributed by atoms with Crippen LogP contribution in [0.1, 0.15) is 33.6 Å². The van der Waals surface area contributed by atoms with Crippen molar-refractivity contribution in [2.45, 2.75) is 31.4 Å². The number of nitrogens with zero attached hydrogens (tertiary/aromatic N) is 2. The highest BCUT2D eigenvalue weighted by Crippen LogP contribution is 2.30. The Morgan fingerprint density at radius 1 is 1.39 bits per heavy atom. The van der Waals surface area contributed by atoms with Gasteiger partial charge in [0.25, 0.3) is 5.91 Å². The van der Waals surface area contributed by atoms with Crippen LogP contribution in [-0.4, -0.2) is 54.9 Å². The van der Waals surface area contributed by atoms with Crippen LogP contribution in [0.2, 0.25) is 0 Å². The number of carbonyl (C=O) groups excluding carboxylic acids is 1. The summed E-state index contributed by atoms with van der Waals surface area (Å²) in [5.41, 5.74) is 3.45. The maximum atomic E-state index is 13.2. The Kier molecular flexibility index (Phi) is 5.28. The minimum absolute atomic E-state index is 0.267. The molecule has 0 unspecified atom stereocenters. The van der Waals surface area contributed by atoms with Crippen molar-refractivity contribution in [1.29, 1.82) is 0 Å². The first-order chi connectivity index (χ1) is 13.5. The minimum Gasteiger partial charge on any atom is -0.391 e. The molecular weight excluding hydrogens is 361 g/mol. The summed E-state index contributed by atoms with van der Waals surface area (Å²) in [6.07, 6.45) is 1.36. The number of rotatable bonds is 4. The molecular formula is C21H24FN3O3. The zero-order valence-electron chi connectivity index (χ0n) is 15.8. The van der Waals surface area contributed by atoms with Gasteiger partial charge in [-0.2, -0.15) is 0 Å². The van der Waals surface area contributed by atoms with Crippen LogP contribution in [0, 0.1) is 5.82 Å². The first-order valence-corrected chi connectivity index (χ1v) is 9.56. The Hall–Kier alpha value is -2.51. The van der Waals surface area contributed by atoms with Crippen molar-refractivity contribution in [1.82, 2.24) is 10.3 Å². The van der Waals surface area contributed by atoms with Crippen molar-refractivity contribution in [3.8, 4) is 0 Å². The molecule has 2 N–H and O–H groups in total. The number of aromatic nitrogens is 1. The van der Waals surface area contributed by atoms with Crippen molar-refractivity contribution >= 4 is 11.7 Å². The number of halogens is 1. The van der Waals surface area contributed by atoms with E-state index in [1.54, 1.807) is 12.1 Å². The Morgan fingerprint density at radius 2 is 2.18 bits per heavy atom. The molecule has 7 heteroatoms. The summed E-state index contributed by atoms with van der Waals surface area (Å²) in [6, 6.07) is 7.79. The van der Waals surface area contributed by atoms with Gasteiger partial charge in [0.15, 0.2) is 0 Å². The van der Waals surface area contributed by atoms with Gasteiger partial charge in [-0.1, -0.05) is 12.1 Å². The summed E-state index contributed by atoms with van der Waals surface area (Å²) in [5.74, 6) is 0.222. The predicted molar refractivity (Wildman–Crippen MR) is 103 cm³/mol. The molecule has 0 saturated carbocycles. The minimum atomic E-state index is -0.617. The summed E-state index contributed by atoms with van der Waals surface area (Å²) in [4.78, 5) is 19.4. The van der Waals surface area contributed by atoms with Gasteiger partial charge in [0, 0.05) is 25.8 Å². The zero-order valence-corrected chi connectivity index (χ0v) is 15.8. The highest BCUT2D eigenvalue weighted by atomic mass is 19.1. The van der Waals surface area contributed by atoms with Gasteiger partial charge in [-0.05, 0) is 48.6 Å². The van der Waals surface area contributed by atoms with E-state index in [9.17, 15) is 14.3 Å². The number of hydrogen-bond acceptors (Lipinski definition) is 5. The molecule has 2 atom stereocenters. The monoisotopic (exact) mass is 385 g/mol. The number of fused-ring (bicyclic) bond motifs is 1. The SMILES string of the molecule is CN1CCc2c(Cc3ccc(F)cc3)cc(C(=O)N[C@H]3COCC[C@@H]3O)nc21. The van der Waals surface area contributed by atoms with E-state index in [-0.39, 0.29) is 11.7 Å². The highest BCUT2D eigenvalue weighted by Gasteiger charge is 2.28. The van der Waals surface area contributed by atoms with Crippen LogP contribution in [0.15, 0.2) is 30.3 Å². The molecule has 2 aliphatic rings. The maximum absolute atomic E-state index is 13.2. The molecule has 0 radical (unpaired) electrons. The van der Waals surface area contributed by atoms with Gasteiger partial charge >= 0.3 is 0 Å². The molecule has 2 aliphatic heterocycles. The Balaban J connectivity index is 1.61. The molecule has 1 saturated heterocycles. The van der Waals surface area contributed by atoms with Gasteiger partial charge in [-0.15, -0.1) is 0 Å². The first kappa shape index (κ1) is 18.8. The average Bonchev–Trinajstić information content (AvgIpc) is 3.07. The predicted octanol–water partition coefficient (Wildman–Crippen LogP) is 1.68. The van der Waals surface area contributed by atoms with Gasteiger partial charge in [0.2, 0.25) is 0 Å². The van der Waals surface area contributed by atoms with Gasteiger partial charge in [0.05, 0.1) is 18.8 Å². The molecule has 28 heavy (non-hydrogen) atoms. The number of amides is 1. The Bertz CT molecular complexity index is 872. The molecule has 1 amide bonds. The van der Waals surface area contributed by atoms with Crippen molar-refractivity contribution < 1.29 is 19.0 Å². The second kappa shape index (κ2) is 7.85. The molecule has 0 aliphatic carbocycles. The fourth-order valence-electron chi connectivity index (χ4n) is 3.79. The number of pyridine rings is 1. The van der Waals surface area contributed by atoms with E-state index in [4.69, 9.17) is 4.74 Å². The molecule has 0 spiro atoms. The third-order valence-electron chi connectivity index (χ3n) is 5.43. The number of likely N-dealkylation sites (N-methyl/N-ethyl adjacent to an activating group) is 1. The maximum Gasteiger partial charge on any atom is 0.270 e. The molecule has 4 rings (SSSR count). The standard InChI is InChI=1S/C21H24FN3O3/c1-25-8-6-16-14(10-13-2-4-15(22)5-3-13)11-17(23-20(16)25)21(27)24-18-12-28-9-7-19(18)26/h2-5,11,18-19,26H,6-10,12H2,1H3,(H,24,27)/t18-,19-/m0/s1. The molecule has 1 aromatic heterocycles. The smallest absolute Gasteiger partial charge is 0.270 e. The van der Waals surface area contributed by atoms with E-state index < -0.39 is 12.1 Å². The van der Waals surface area contributed by atoms with E-state index in [0.717, 1.165) is 35.5 Å². The third kappa shape index (κ3) is 3.86. The Morgan fingerprint density at radius 3 is 2.93 bits per heavy atom. The van der Waals surface area contributed by atoms with E-state index in [1.807, 2.05) is 18.0 Å². The second-order valence-electron chi connectivity index (χ2n) is 7.45. The summed E-state index contributed by atoms with van der Waals surface area (Å²) in [5, 5.41) is 12.9. The lowest BCUT2D eigenvalue weighted by Gasteiger charge is -2.28. The molecule has 0 bridgehead atoms. The molecule has 1 aromatic carbocycles. The van der Waals surface area contributed by atoms with Crippen LogP contribution in [0.3, 0.4) is 0 Å². The number of ether oxygens (including phenoxy) is 1. The molecule has 2 aromatic rings. The lowest BCUT2D eigenvalue weighted by molar-refractivity contribution is -0.0140. The van der Waals surface area contributed by atoms with Crippen LogP contribution in [-0.2, 0) is 17.6 Å². The largest absolute Gasteiger partial charge is 0.391 e. The fourth-order valence-corrected chi connectivity index (χ4v) is 3.79. The van der Waals surface area contributed by atoms with Crippen LogP contribution < -0.4 is 10.2 Å². The number of hydrogen-bond donors (Lipinski definition) is 2. The van der Waals surface area contributed by atoms with Crippen LogP contribution in [0.4, 0.5) is 10.2 Å². The van der Waals surface area contributed by atoms with Crippen molar-refractivity contribution in [3.63, 3.8) is 0 Å². The third-order valence-corrected chi connectivity index (χ3v) is 5.43. The number of benzene rings is 1. The summed E-state index contributed by atoms with van der Waals surface area (Å²) < 4.78 is 18.6. The number of nitrogens with one attached hydrogen (secondary N) is 1. The number of aliphatic hydroxyl groups is 1. The second-order valence-corrected chi connectivity index (χ2v) is 7.45. The molecule has 1 fully saturated rings. The summed E-state index contributed by atoms with van der Waals surface area (Å²) in [6.45, 7) is 1.64. The van der Waals surface area contributed by atoms with Crippen molar-refractivity contribution in [2.75, 3.05) is 31.7 Å². The number of anilines is 1. The topological polar surface area (TPSA) is 74.7 Å². The van der Waals surface area contributed by atoms with E-state index >= 15 is 0 Å². The zero-order chi connectivity index (χ0) is 19.7. The van der Waals surface area contributed by atoms with E-state index in [2.05, 4.69) is 10.3 Å². The van der Waals surface area contributed by atoms with E-state index in [1.165, 1.54) is 12.1 Å². The van der Waals surface area contributed by atoms with Crippen molar-refractivity contribution in [2.24, 2.45) is 0 Å². The lowest BCUT2D eigenvalue weighted by Crippen LogP contribution is -2.49. The lowest BCUT2D eigenvalue weighted by atomic mass is 9.98. The number of aliphatic hydroxyl groups excluding tert-OH is 1. The van der Waals surface area contributed by atoms with Crippen LogP contribution >= 0.6 is 0 Å².